The van der Waals surface area contributed by atoms with E-state index >= 15 is 0 Å². The number of hydrogen-bond donors (Lipinski definition) is 2. The quantitative estimate of drug-likeness (QED) is 0.554. The van der Waals surface area contributed by atoms with E-state index in [9.17, 15) is 4.79 Å². The maximum Gasteiger partial charge on any atom is 0.356 e. The van der Waals surface area contributed by atoms with Gasteiger partial charge in [0, 0.05) is 38.7 Å². The minimum Gasteiger partial charge on any atom is -0.461 e. The van der Waals surface area contributed by atoms with Gasteiger partial charge in [-0.05, 0) is 14.0 Å². The number of nitrogens with one attached hydrogen (secondary N) is 2. The molecule has 1 aliphatic rings. The molecule has 0 aliphatic carbocycles. The number of carbonyl (C=O) groups excluding carboxylic acids is 1. The highest BCUT2D eigenvalue weighted by atomic mass is 16.5. The average Bonchev–Trinajstić information content (AvgIpc) is 2.83. The second-order valence-corrected chi connectivity index (χ2v) is 4.79. The maximum atomic E-state index is 12.2. The number of esters is 1. The molecule has 20 heavy (non-hydrogen) atoms. The van der Waals surface area contributed by atoms with E-state index in [1.54, 1.807) is 4.68 Å². The largest absolute Gasteiger partial charge is 0.461 e. The van der Waals surface area contributed by atoms with Gasteiger partial charge in [-0.15, -0.1) is 0 Å². The van der Waals surface area contributed by atoms with Gasteiger partial charge in [-0.3, -0.25) is 10.1 Å². The molecule has 1 aromatic rings. The molecule has 2 rings (SSSR count). The van der Waals surface area contributed by atoms with E-state index < -0.39 is 0 Å². The minimum absolute atomic E-state index is 0.280. The van der Waals surface area contributed by atoms with Gasteiger partial charge in [0.1, 0.15) is 0 Å². The van der Waals surface area contributed by atoms with Crippen molar-refractivity contribution in [3.05, 3.63) is 17.0 Å². The average molecular weight is 281 g/mol. The Morgan fingerprint density at radius 1 is 1.60 bits per heavy atom. The first-order valence-electron chi connectivity index (χ1n) is 7.02. The van der Waals surface area contributed by atoms with Gasteiger partial charge < -0.3 is 10.1 Å². The molecular formula is C13H23N5O2. The van der Waals surface area contributed by atoms with Gasteiger partial charge in [-0.25, -0.2) is 9.80 Å². The van der Waals surface area contributed by atoms with Crippen LogP contribution in [0.2, 0.25) is 0 Å². The molecule has 1 aliphatic heterocycles. The minimum atomic E-state index is -0.280. The summed E-state index contributed by atoms with van der Waals surface area (Å²) in [4.78, 5) is 12.2. The molecule has 0 bridgehead atoms. The molecule has 0 atom stereocenters. The lowest BCUT2D eigenvalue weighted by Gasteiger charge is -2.16. The van der Waals surface area contributed by atoms with Crippen LogP contribution in [0.25, 0.3) is 0 Å². The van der Waals surface area contributed by atoms with Crippen molar-refractivity contribution >= 4 is 5.97 Å². The molecular weight excluding hydrogens is 258 g/mol. The molecule has 2 heterocycles. The first-order valence-corrected chi connectivity index (χ1v) is 7.02. The Morgan fingerprint density at radius 3 is 3.10 bits per heavy atom. The van der Waals surface area contributed by atoms with Crippen LogP contribution >= 0.6 is 0 Å². The van der Waals surface area contributed by atoms with Crippen LogP contribution in [0.15, 0.2) is 0 Å². The molecule has 0 fully saturated rings. The zero-order chi connectivity index (χ0) is 14.5. The Kier molecular flexibility index (Phi) is 5.11. The van der Waals surface area contributed by atoms with Gasteiger partial charge in [0.05, 0.1) is 18.8 Å². The molecule has 0 spiro atoms. The molecule has 1 aromatic heterocycles. The first-order chi connectivity index (χ1) is 9.67. The van der Waals surface area contributed by atoms with Gasteiger partial charge in [0.15, 0.2) is 5.69 Å². The van der Waals surface area contributed by atoms with Crippen LogP contribution in [0.3, 0.4) is 0 Å². The number of hydrogen-bond acceptors (Lipinski definition) is 6. The highest BCUT2D eigenvalue weighted by Crippen LogP contribution is 2.19. The van der Waals surface area contributed by atoms with Crippen LogP contribution in [0.1, 0.15) is 28.7 Å². The van der Waals surface area contributed by atoms with Crippen LogP contribution in [0, 0.1) is 0 Å². The highest BCUT2D eigenvalue weighted by Gasteiger charge is 2.25. The third-order valence-electron chi connectivity index (χ3n) is 3.47. The van der Waals surface area contributed by atoms with Crippen molar-refractivity contribution in [1.82, 2.24) is 25.5 Å². The number of fused-ring (bicyclic) bond motifs is 1. The van der Waals surface area contributed by atoms with Crippen molar-refractivity contribution in [3.63, 3.8) is 0 Å². The lowest BCUT2D eigenvalue weighted by molar-refractivity contribution is 0.0509. The summed E-state index contributed by atoms with van der Waals surface area (Å²) in [5, 5.41) is 9.82. The zero-order valence-electron chi connectivity index (χ0n) is 12.4. The monoisotopic (exact) mass is 281 g/mol. The van der Waals surface area contributed by atoms with Crippen LogP contribution < -0.4 is 10.7 Å². The predicted molar refractivity (Wildman–Crippen MR) is 75.3 cm³/mol. The standard InChI is InChI=1S/C13H23N5O2/c1-4-20-13(19)12-10-9-15-6-5-11(10)16-18(12)8-7-17(3)14-2/h14-15H,4-9H2,1-3H3. The summed E-state index contributed by atoms with van der Waals surface area (Å²) in [5.41, 5.74) is 5.63. The Morgan fingerprint density at radius 2 is 2.40 bits per heavy atom. The summed E-state index contributed by atoms with van der Waals surface area (Å²) in [6, 6.07) is 0. The van der Waals surface area contributed by atoms with Crippen LogP contribution in [0.5, 0.6) is 0 Å². The topological polar surface area (TPSA) is 71.4 Å². The molecule has 0 saturated heterocycles. The van der Waals surface area contributed by atoms with E-state index in [1.165, 1.54) is 0 Å². The maximum absolute atomic E-state index is 12.2. The third-order valence-corrected chi connectivity index (χ3v) is 3.47. The van der Waals surface area contributed by atoms with Gasteiger partial charge in [0.25, 0.3) is 0 Å². The Labute approximate surface area is 119 Å². The summed E-state index contributed by atoms with van der Waals surface area (Å²) < 4.78 is 6.95. The first kappa shape index (κ1) is 15.0. The van der Waals surface area contributed by atoms with E-state index in [2.05, 4.69) is 15.8 Å². The Balaban J connectivity index is 2.24. The summed E-state index contributed by atoms with van der Waals surface area (Å²) in [6.07, 6.45) is 0.858. The summed E-state index contributed by atoms with van der Waals surface area (Å²) in [7, 11) is 3.82. The lowest BCUT2D eigenvalue weighted by atomic mass is 10.1. The van der Waals surface area contributed by atoms with Gasteiger partial charge in [0.2, 0.25) is 0 Å². The van der Waals surface area contributed by atoms with E-state index in [0.717, 1.165) is 30.8 Å². The SMILES string of the molecule is CCOC(=O)c1c2c(nn1CCN(C)NC)CCNC2. The fraction of sp³-hybridized carbons (Fsp3) is 0.692. The van der Waals surface area contributed by atoms with Crippen molar-refractivity contribution in [2.45, 2.75) is 26.4 Å². The molecule has 7 heteroatoms. The third kappa shape index (κ3) is 3.17. The van der Waals surface area contributed by atoms with Crippen molar-refractivity contribution in [2.75, 3.05) is 33.8 Å². The lowest BCUT2D eigenvalue weighted by Crippen LogP contribution is -2.34. The van der Waals surface area contributed by atoms with Crippen LogP contribution in [-0.4, -0.2) is 54.6 Å². The highest BCUT2D eigenvalue weighted by molar-refractivity contribution is 5.89. The molecule has 0 saturated carbocycles. The smallest absolute Gasteiger partial charge is 0.356 e. The number of ether oxygens (including phenoxy) is 1. The number of carbonyl (C=O) groups is 1. The van der Waals surface area contributed by atoms with Crippen molar-refractivity contribution in [1.29, 1.82) is 0 Å². The molecule has 0 unspecified atom stereocenters. The summed E-state index contributed by atoms with van der Waals surface area (Å²) in [6.45, 7) is 5.20. The molecule has 0 aromatic carbocycles. The van der Waals surface area contributed by atoms with E-state index in [1.807, 2.05) is 26.0 Å². The molecule has 7 nitrogen and oxygen atoms in total. The van der Waals surface area contributed by atoms with E-state index in [-0.39, 0.29) is 5.97 Å². The van der Waals surface area contributed by atoms with E-state index in [4.69, 9.17) is 4.74 Å². The normalized spacial score (nSPS) is 14.4. The van der Waals surface area contributed by atoms with Crippen LogP contribution in [-0.2, 0) is 24.2 Å². The molecule has 0 radical (unpaired) electrons. The van der Waals surface area contributed by atoms with Gasteiger partial charge >= 0.3 is 5.97 Å². The summed E-state index contributed by atoms with van der Waals surface area (Å²) in [5.74, 6) is -0.280. The fourth-order valence-corrected chi connectivity index (χ4v) is 2.30. The van der Waals surface area contributed by atoms with Gasteiger partial charge in [-0.2, -0.15) is 5.10 Å². The van der Waals surface area contributed by atoms with Crippen LogP contribution in [0.4, 0.5) is 0 Å². The fourth-order valence-electron chi connectivity index (χ4n) is 2.30. The van der Waals surface area contributed by atoms with Crippen molar-refractivity contribution in [3.8, 4) is 0 Å². The second-order valence-electron chi connectivity index (χ2n) is 4.79. The number of rotatable bonds is 6. The Hall–Kier alpha value is -1.44. The number of nitrogens with zero attached hydrogens (tertiary/aromatic N) is 3. The number of hydrazine groups is 1. The van der Waals surface area contributed by atoms with Crippen molar-refractivity contribution in [2.24, 2.45) is 0 Å². The molecule has 112 valence electrons. The Bertz CT molecular complexity index is 472. The number of likely N-dealkylation sites (N-methyl/N-ethyl adjacent to an activating group) is 1. The van der Waals surface area contributed by atoms with Gasteiger partial charge in [-0.1, -0.05) is 0 Å². The summed E-state index contributed by atoms with van der Waals surface area (Å²) >= 11 is 0. The molecule has 2 N–H and O–H groups in total. The van der Waals surface area contributed by atoms with Crippen molar-refractivity contribution < 1.29 is 9.53 Å². The molecule has 0 amide bonds. The number of aromatic nitrogens is 2. The zero-order valence-corrected chi connectivity index (χ0v) is 12.4. The van der Waals surface area contributed by atoms with E-state index in [0.29, 0.717) is 25.4 Å². The predicted octanol–water partition coefficient (Wildman–Crippen LogP) is -0.228. The second kappa shape index (κ2) is 6.83.